The zero-order valence-corrected chi connectivity index (χ0v) is 16.7. The van der Waals surface area contributed by atoms with E-state index in [4.69, 9.17) is 9.16 Å². The van der Waals surface area contributed by atoms with Gasteiger partial charge in [0.25, 0.3) is 0 Å². The second-order valence-electron chi connectivity index (χ2n) is 6.74. The van der Waals surface area contributed by atoms with Gasteiger partial charge in [-0.15, -0.1) is 0 Å². The fourth-order valence-electron chi connectivity index (χ4n) is 1.90. The molecule has 0 spiro atoms. The van der Waals surface area contributed by atoms with Crippen molar-refractivity contribution in [2.75, 3.05) is 32.8 Å². The molecule has 0 fully saturated rings. The minimum atomic E-state index is -2.19. The van der Waals surface area contributed by atoms with Crippen LogP contribution in [0.1, 0.15) is 6.92 Å². The van der Waals surface area contributed by atoms with Crippen molar-refractivity contribution in [3.8, 4) is 11.5 Å². The molecule has 1 aromatic carbocycles. The molecule has 0 bridgehead atoms. The molecule has 20 heavy (non-hydrogen) atoms. The molecule has 0 heterocycles. The predicted octanol–water partition coefficient (Wildman–Crippen LogP) is 3.93. The first-order chi connectivity index (χ1) is 8.91. The van der Waals surface area contributed by atoms with Crippen LogP contribution in [-0.2, 0) is 4.43 Å². The quantitative estimate of drug-likeness (QED) is 0.600. The van der Waals surface area contributed by atoms with Crippen molar-refractivity contribution in [3.05, 3.63) is 18.2 Å². The summed E-state index contributed by atoms with van der Waals surface area (Å²) in [5, 5.41) is 8.62. The van der Waals surface area contributed by atoms with Crippen LogP contribution >= 0.6 is 20.8 Å². The predicted molar refractivity (Wildman–Crippen MR) is 96.0 cm³/mol. The van der Waals surface area contributed by atoms with Crippen LogP contribution in [0.25, 0.3) is 0 Å². The van der Waals surface area contributed by atoms with Crippen molar-refractivity contribution in [2.24, 2.45) is 0 Å². The van der Waals surface area contributed by atoms with E-state index in [0.29, 0.717) is 6.23 Å². The average Bonchev–Trinajstić information content (AvgIpc) is 2.25. The van der Waals surface area contributed by atoms with Gasteiger partial charge in [0.1, 0.15) is 0 Å². The number of hydrogen-bond donors (Lipinski definition) is 1. The number of ether oxygens (including phenoxy) is 1. The molecule has 1 rings (SSSR count). The van der Waals surface area contributed by atoms with E-state index in [1.54, 1.807) is 12.1 Å². The molecule has 0 radical (unpaired) electrons. The molecule has 116 valence electrons. The number of phenols is 1. The Labute approximate surface area is 131 Å². The van der Waals surface area contributed by atoms with E-state index in [9.17, 15) is 5.11 Å². The first kappa shape index (κ1) is 18.0. The number of phenolic OH excluding ortho intramolecular Hbond substituents is 1. The van der Waals surface area contributed by atoms with E-state index in [0.717, 1.165) is 17.7 Å². The molecule has 0 atom stereocenters. The van der Waals surface area contributed by atoms with E-state index in [-0.39, 0.29) is 5.75 Å². The van der Waals surface area contributed by atoms with Gasteiger partial charge in [0, 0.05) is 0 Å². The molecule has 1 N–H and O–H groups in total. The molecular formula is C14H26BrO3PSi. The Balaban J connectivity index is 3.03. The molecule has 0 amide bonds. The zero-order chi connectivity index (χ0) is 15.6. The van der Waals surface area contributed by atoms with Gasteiger partial charge in [-0.1, -0.05) is 0 Å². The third kappa shape index (κ3) is 5.36. The first-order valence-corrected chi connectivity index (χ1v) is 15.5. The van der Waals surface area contributed by atoms with E-state index < -0.39 is 13.6 Å². The molecule has 0 saturated heterocycles. The van der Waals surface area contributed by atoms with Crippen LogP contribution in [0.5, 0.6) is 11.5 Å². The Kier molecular flexibility index (Phi) is 5.35. The van der Waals surface area contributed by atoms with Crippen LogP contribution in [0.3, 0.4) is 0 Å². The van der Waals surface area contributed by atoms with Crippen LogP contribution in [0, 0.1) is 0 Å². The molecule has 6 heteroatoms. The van der Waals surface area contributed by atoms with Crippen LogP contribution in [0.15, 0.2) is 18.2 Å². The van der Waals surface area contributed by atoms with Gasteiger partial charge < -0.3 is 0 Å². The van der Waals surface area contributed by atoms with E-state index in [1.165, 1.54) is 0 Å². The minimum absolute atomic E-state index is 0.271. The number of halogens is 1. The zero-order valence-electron chi connectivity index (χ0n) is 13.2. The van der Waals surface area contributed by atoms with E-state index in [2.05, 4.69) is 48.6 Å². The van der Waals surface area contributed by atoms with Crippen LogP contribution < -0.4 is 10.0 Å². The van der Waals surface area contributed by atoms with Gasteiger partial charge >= 0.3 is 131 Å². The average molecular weight is 381 g/mol. The summed E-state index contributed by atoms with van der Waals surface area (Å²) in [6.45, 7) is 13.6. The Hall–Kier alpha value is -0.0931. The molecule has 0 saturated carbocycles. The van der Waals surface area contributed by atoms with Crippen molar-refractivity contribution in [1.29, 1.82) is 0 Å². The summed E-state index contributed by atoms with van der Waals surface area (Å²) in [7, 11) is -1.79. The van der Waals surface area contributed by atoms with Gasteiger partial charge in [0.2, 0.25) is 0 Å². The molecule has 0 aliphatic carbocycles. The summed E-state index contributed by atoms with van der Waals surface area (Å²) in [6.07, 6.45) is 0.609. The maximum absolute atomic E-state index is 9.76. The van der Waals surface area contributed by atoms with Crippen molar-refractivity contribution in [1.82, 2.24) is 0 Å². The summed E-state index contributed by atoms with van der Waals surface area (Å²) in [5.41, 5.74) is 0. The molecular weight excluding hydrogens is 355 g/mol. The molecule has 0 aliphatic rings. The first-order valence-electron chi connectivity index (χ1n) is 6.74. The summed E-state index contributed by atoms with van der Waals surface area (Å²) < 4.78 is 11.8. The molecule has 3 nitrogen and oxygen atoms in total. The monoisotopic (exact) mass is 380 g/mol. The summed E-state index contributed by atoms with van der Waals surface area (Å²) in [6, 6.07) is 5.32. The van der Waals surface area contributed by atoms with Gasteiger partial charge in [0.15, 0.2) is 0 Å². The van der Waals surface area contributed by atoms with E-state index >= 15 is 0 Å². The van der Waals surface area contributed by atoms with Crippen molar-refractivity contribution >= 4 is 34.4 Å². The number of benzene rings is 1. The Bertz CT molecular complexity index is 474. The van der Waals surface area contributed by atoms with Gasteiger partial charge in [0.05, 0.1) is 0 Å². The number of aromatic hydroxyl groups is 1. The third-order valence-corrected chi connectivity index (χ3v) is 7.90. The number of rotatable bonds is 6. The Morgan fingerprint density at radius 1 is 1.25 bits per heavy atom. The SMILES string of the molecule is CCO[Si](C)(C)COc1ccc(O)cc1P(C)(C)(C)Br. The van der Waals surface area contributed by atoms with Crippen LogP contribution in [0.4, 0.5) is 0 Å². The standard InChI is InChI=1S/C14H26BrO3PSi/c1-7-18-20(5,6)11-17-13-9-8-12(16)10-14(13)19(2,3,4)15/h8-10,16H,7,11H2,1-6H3. The second kappa shape index (κ2) is 5.96. The molecule has 0 unspecified atom stereocenters. The second-order valence-corrected chi connectivity index (χ2v) is 24.0. The van der Waals surface area contributed by atoms with Gasteiger partial charge in [-0.25, -0.2) is 0 Å². The van der Waals surface area contributed by atoms with Gasteiger partial charge in [-0.05, 0) is 0 Å². The topological polar surface area (TPSA) is 38.7 Å². The fraction of sp³-hybridized carbons (Fsp3) is 0.571. The van der Waals surface area contributed by atoms with Gasteiger partial charge in [-0.3, -0.25) is 0 Å². The summed E-state index contributed by atoms with van der Waals surface area (Å²) >= 11 is 3.85. The molecule has 0 aromatic heterocycles. The molecule has 1 aromatic rings. The fourth-order valence-corrected chi connectivity index (χ4v) is 5.55. The number of hydrogen-bond acceptors (Lipinski definition) is 3. The Morgan fingerprint density at radius 3 is 2.35 bits per heavy atom. The van der Waals surface area contributed by atoms with Gasteiger partial charge in [-0.2, -0.15) is 0 Å². The summed E-state index contributed by atoms with van der Waals surface area (Å²) in [5.74, 6) is 1.11. The Morgan fingerprint density at radius 2 is 1.85 bits per heavy atom. The summed E-state index contributed by atoms with van der Waals surface area (Å²) in [4.78, 5) is 0. The van der Waals surface area contributed by atoms with Crippen LogP contribution in [0.2, 0.25) is 13.1 Å². The van der Waals surface area contributed by atoms with E-state index in [1.807, 2.05) is 13.0 Å². The van der Waals surface area contributed by atoms with Crippen LogP contribution in [-0.4, -0.2) is 46.3 Å². The maximum atomic E-state index is 9.76. The molecule has 0 aliphatic heterocycles. The van der Waals surface area contributed by atoms with Crippen molar-refractivity contribution < 1.29 is 14.3 Å². The van der Waals surface area contributed by atoms with Crippen molar-refractivity contribution in [2.45, 2.75) is 20.0 Å². The third-order valence-electron chi connectivity index (χ3n) is 2.87. The van der Waals surface area contributed by atoms with Crippen molar-refractivity contribution in [3.63, 3.8) is 0 Å². The normalized spacial score (nSPS) is 14.7.